The van der Waals surface area contributed by atoms with Gasteiger partial charge in [0.2, 0.25) is 15.9 Å². The molecular weight excluding hydrogens is 278 g/mol. The van der Waals surface area contributed by atoms with Crippen LogP contribution in [0.5, 0.6) is 0 Å². The van der Waals surface area contributed by atoms with Crippen LogP contribution in [-0.2, 0) is 14.8 Å². The van der Waals surface area contributed by atoms with E-state index in [2.05, 4.69) is 15.4 Å². The number of anilines is 1. The second-order valence-electron chi connectivity index (χ2n) is 4.92. The molecule has 1 aliphatic rings. The highest BCUT2D eigenvalue weighted by Crippen LogP contribution is 2.23. The van der Waals surface area contributed by atoms with Gasteiger partial charge in [-0.05, 0) is 45.0 Å². The summed E-state index contributed by atoms with van der Waals surface area (Å²) >= 11 is 0. The Labute approximate surface area is 119 Å². The summed E-state index contributed by atoms with van der Waals surface area (Å²) in [6.07, 6.45) is 1.77. The van der Waals surface area contributed by atoms with Crippen molar-refractivity contribution >= 4 is 21.6 Å². The number of nitrogens with one attached hydrogen (secondary N) is 3. The summed E-state index contributed by atoms with van der Waals surface area (Å²) in [5.41, 5.74) is 0.468. The second-order valence-corrected chi connectivity index (χ2v) is 6.64. The molecule has 1 aromatic carbocycles. The molecule has 1 amide bonds. The molecule has 0 radical (unpaired) electrons. The van der Waals surface area contributed by atoms with Gasteiger partial charge < -0.3 is 10.6 Å². The van der Waals surface area contributed by atoms with Crippen LogP contribution in [0.2, 0.25) is 0 Å². The molecule has 0 aromatic heterocycles. The fourth-order valence-corrected chi connectivity index (χ4v) is 2.96. The van der Waals surface area contributed by atoms with Gasteiger partial charge in [-0.15, -0.1) is 0 Å². The van der Waals surface area contributed by atoms with Crippen molar-refractivity contribution < 1.29 is 13.2 Å². The molecule has 0 spiro atoms. The van der Waals surface area contributed by atoms with Gasteiger partial charge in [-0.25, -0.2) is 13.1 Å². The Morgan fingerprint density at radius 1 is 1.35 bits per heavy atom. The maximum Gasteiger partial charge on any atom is 0.241 e. The third-order valence-electron chi connectivity index (χ3n) is 3.14. The number of carbonyl (C=O) groups is 1. The molecule has 0 bridgehead atoms. The normalized spacial score (nSPS) is 16.7. The fraction of sp³-hybridized carbons (Fsp3) is 0.462. The van der Waals surface area contributed by atoms with Crippen LogP contribution < -0.4 is 15.4 Å². The molecule has 110 valence electrons. The van der Waals surface area contributed by atoms with Crippen molar-refractivity contribution in [1.82, 2.24) is 10.0 Å². The fourth-order valence-electron chi connectivity index (χ4n) is 1.61. The van der Waals surface area contributed by atoms with Gasteiger partial charge in [0, 0.05) is 11.7 Å². The number of hydrogen-bond acceptors (Lipinski definition) is 4. The Morgan fingerprint density at radius 3 is 2.65 bits per heavy atom. The van der Waals surface area contributed by atoms with E-state index in [1.165, 1.54) is 12.1 Å². The van der Waals surface area contributed by atoms with Crippen LogP contribution in [-0.4, -0.2) is 33.5 Å². The lowest BCUT2D eigenvalue weighted by molar-refractivity contribution is -0.117. The average molecular weight is 297 g/mol. The third kappa shape index (κ3) is 3.78. The van der Waals surface area contributed by atoms with Crippen LogP contribution >= 0.6 is 0 Å². The van der Waals surface area contributed by atoms with Gasteiger partial charge >= 0.3 is 0 Å². The Hall–Kier alpha value is -1.44. The van der Waals surface area contributed by atoms with Gasteiger partial charge in [-0.3, -0.25) is 4.79 Å². The molecule has 1 aliphatic carbocycles. The number of benzene rings is 1. The Morgan fingerprint density at radius 2 is 2.05 bits per heavy atom. The van der Waals surface area contributed by atoms with Gasteiger partial charge in [0.1, 0.15) is 0 Å². The van der Waals surface area contributed by atoms with Crippen LogP contribution in [0.4, 0.5) is 5.69 Å². The van der Waals surface area contributed by atoms with E-state index >= 15 is 0 Å². The van der Waals surface area contributed by atoms with E-state index < -0.39 is 10.0 Å². The zero-order valence-corrected chi connectivity index (χ0v) is 12.3. The summed E-state index contributed by atoms with van der Waals surface area (Å²) in [5.74, 6) is -0.211. The van der Waals surface area contributed by atoms with Crippen LogP contribution in [0.15, 0.2) is 29.2 Å². The number of sulfonamides is 1. The molecule has 1 saturated carbocycles. The van der Waals surface area contributed by atoms with Crippen molar-refractivity contribution in [2.45, 2.75) is 36.7 Å². The quantitative estimate of drug-likeness (QED) is 0.720. The first kappa shape index (κ1) is 15.0. The summed E-state index contributed by atoms with van der Waals surface area (Å²) in [7, 11) is -1.81. The zero-order chi connectivity index (χ0) is 14.8. The van der Waals surface area contributed by atoms with E-state index in [4.69, 9.17) is 0 Å². The van der Waals surface area contributed by atoms with Gasteiger partial charge in [0.25, 0.3) is 0 Å². The minimum Gasteiger partial charge on any atom is -0.325 e. The van der Waals surface area contributed by atoms with Crippen molar-refractivity contribution in [3.8, 4) is 0 Å². The smallest absolute Gasteiger partial charge is 0.241 e. The number of amides is 1. The van der Waals surface area contributed by atoms with Gasteiger partial charge in [0.05, 0.1) is 10.9 Å². The molecule has 1 unspecified atom stereocenters. The molecule has 7 heteroatoms. The highest BCUT2D eigenvalue weighted by atomic mass is 32.2. The van der Waals surface area contributed by atoms with Crippen molar-refractivity contribution in [2.24, 2.45) is 0 Å². The van der Waals surface area contributed by atoms with Gasteiger partial charge in [0.15, 0.2) is 0 Å². The lowest BCUT2D eigenvalue weighted by Crippen LogP contribution is -2.35. The Kier molecular flexibility index (Phi) is 4.42. The summed E-state index contributed by atoms with van der Waals surface area (Å²) in [4.78, 5) is 11.9. The van der Waals surface area contributed by atoms with Crippen molar-refractivity contribution in [3.63, 3.8) is 0 Å². The van der Waals surface area contributed by atoms with E-state index in [0.29, 0.717) is 5.69 Å². The zero-order valence-electron chi connectivity index (χ0n) is 11.5. The SMILES string of the molecule is CNC(C)C(=O)Nc1cccc(S(=O)(=O)NC2CC2)c1. The molecule has 1 fully saturated rings. The molecule has 1 atom stereocenters. The summed E-state index contributed by atoms with van der Waals surface area (Å²) in [6, 6.07) is 5.96. The lowest BCUT2D eigenvalue weighted by atomic mass is 10.3. The molecule has 0 aliphatic heterocycles. The van der Waals surface area contributed by atoms with Crippen LogP contribution in [0.25, 0.3) is 0 Å². The predicted molar refractivity (Wildman–Crippen MR) is 76.9 cm³/mol. The average Bonchev–Trinajstić information content (AvgIpc) is 3.21. The maximum atomic E-state index is 12.1. The van der Waals surface area contributed by atoms with Crippen molar-refractivity contribution in [2.75, 3.05) is 12.4 Å². The van der Waals surface area contributed by atoms with Crippen molar-refractivity contribution in [1.29, 1.82) is 0 Å². The molecule has 6 nitrogen and oxygen atoms in total. The first-order valence-corrected chi connectivity index (χ1v) is 8.01. The highest BCUT2D eigenvalue weighted by molar-refractivity contribution is 7.89. The first-order chi connectivity index (χ1) is 9.42. The van der Waals surface area contributed by atoms with E-state index in [0.717, 1.165) is 12.8 Å². The van der Waals surface area contributed by atoms with E-state index in [1.807, 2.05) is 0 Å². The lowest BCUT2D eigenvalue weighted by Gasteiger charge is -2.12. The van der Waals surface area contributed by atoms with Gasteiger partial charge in [-0.1, -0.05) is 6.07 Å². The largest absolute Gasteiger partial charge is 0.325 e. The minimum absolute atomic E-state index is 0.0579. The third-order valence-corrected chi connectivity index (χ3v) is 4.66. The number of carbonyl (C=O) groups excluding carboxylic acids is 1. The summed E-state index contributed by atoms with van der Waals surface area (Å²) in [6.45, 7) is 1.73. The maximum absolute atomic E-state index is 12.1. The van der Waals surface area contributed by atoms with Gasteiger partial charge in [-0.2, -0.15) is 0 Å². The second kappa shape index (κ2) is 5.90. The monoisotopic (exact) mass is 297 g/mol. The van der Waals surface area contributed by atoms with E-state index in [9.17, 15) is 13.2 Å². The Bertz CT molecular complexity index is 597. The molecule has 2 rings (SSSR count). The van der Waals surface area contributed by atoms with E-state index in [-0.39, 0.29) is 22.9 Å². The molecule has 3 N–H and O–H groups in total. The Balaban J connectivity index is 2.13. The standard InChI is InChI=1S/C13H19N3O3S/c1-9(14-2)13(17)15-11-4-3-5-12(8-11)20(18,19)16-10-6-7-10/h3-5,8-10,14,16H,6-7H2,1-2H3,(H,15,17). The molecular formula is C13H19N3O3S. The van der Waals surface area contributed by atoms with E-state index in [1.54, 1.807) is 26.1 Å². The van der Waals surface area contributed by atoms with Crippen LogP contribution in [0.1, 0.15) is 19.8 Å². The van der Waals surface area contributed by atoms with Crippen LogP contribution in [0.3, 0.4) is 0 Å². The minimum atomic E-state index is -3.50. The molecule has 0 saturated heterocycles. The number of hydrogen-bond donors (Lipinski definition) is 3. The number of likely N-dealkylation sites (N-methyl/N-ethyl adjacent to an activating group) is 1. The first-order valence-electron chi connectivity index (χ1n) is 6.53. The van der Waals surface area contributed by atoms with Crippen molar-refractivity contribution in [3.05, 3.63) is 24.3 Å². The highest BCUT2D eigenvalue weighted by Gasteiger charge is 2.28. The number of rotatable bonds is 6. The van der Waals surface area contributed by atoms with Crippen LogP contribution in [0, 0.1) is 0 Å². The predicted octanol–water partition coefficient (Wildman–Crippen LogP) is 0.674. The molecule has 20 heavy (non-hydrogen) atoms. The summed E-state index contributed by atoms with van der Waals surface area (Å²) in [5, 5.41) is 5.50. The topological polar surface area (TPSA) is 87.3 Å². The molecule has 1 aromatic rings. The molecule has 0 heterocycles. The summed E-state index contributed by atoms with van der Waals surface area (Å²) < 4.78 is 26.8.